The lowest BCUT2D eigenvalue weighted by atomic mass is 10.1. The third-order valence-corrected chi connectivity index (χ3v) is 4.43. The molecule has 0 bridgehead atoms. The Labute approximate surface area is 167 Å². The molecule has 3 N–H and O–H groups in total. The summed E-state index contributed by atoms with van der Waals surface area (Å²) in [7, 11) is 0. The Balaban J connectivity index is 2.27. The number of benzene rings is 2. The molecule has 0 radical (unpaired) electrons. The highest BCUT2D eigenvalue weighted by molar-refractivity contribution is 14.1. The molecule has 9 heteroatoms. The van der Waals surface area contributed by atoms with E-state index in [0.717, 1.165) is 15.7 Å². The van der Waals surface area contributed by atoms with Crippen molar-refractivity contribution in [1.82, 2.24) is 5.48 Å². The molecule has 5 nitrogen and oxygen atoms in total. The van der Waals surface area contributed by atoms with Crippen LogP contribution in [-0.4, -0.2) is 23.7 Å². The monoisotopic (exact) mass is 496 g/mol. The first-order chi connectivity index (χ1) is 12.3. The molecule has 2 rings (SSSR count). The lowest BCUT2D eigenvalue weighted by Crippen LogP contribution is -2.29. The number of carbonyl (C=O) groups excluding carboxylic acids is 1. The summed E-state index contributed by atoms with van der Waals surface area (Å²) in [6, 6.07) is 6.91. The van der Waals surface area contributed by atoms with Crippen LogP contribution >= 0.6 is 34.2 Å². The second-order valence-corrected chi connectivity index (χ2v) is 6.99. The van der Waals surface area contributed by atoms with Crippen LogP contribution in [0.5, 0.6) is 0 Å². The van der Waals surface area contributed by atoms with Gasteiger partial charge in [0.2, 0.25) is 0 Å². The fourth-order valence-electron chi connectivity index (χ4n) is 1.96. The van der Waals surface area contributed by atoms with Gasteiger partial charge in [0.05, 0.1) is 28.1 Å². The molecule has 0 saturated heterocycles. The summed E-state index contributed by atoms with van der Waals surface area (Å²) in [5.74, 6) is -3.13. The van der Waals surface area contributed by atoms with E-state index in [2.05, 4.69) is 33.4 Å². The lowest BCUT2D eigenvalue weighted by molar-refractivity contribution is -0.0133. The van der Waals surface area contributed by atoms with Gasteiger partial charge in [-0.25, -0.2) is 14.3 Å². The maximum Gasteiger partial charge on any atom is 0.277 e. The van der Waals surface area contributed by atoms with Gasteiger partial charge in [0.25, 0.3) is 5.91 Å². The summed E-state index contributed by atoms with van der Waals surface area (Å²) in [6.45, 7) is 1.62. The van der Waals surface area contributed by atoms with E-state index in [9.17, 15) is 18.7 Å². The lowest BCUT2D eigenvalue weighted by Gasteiger charge is -2.15. The molecular weight excluding hydrogens is 481 g/mol. The summed E-state index contributed by atoms with van der Waals surface area (Å²) in [5.41, 5.74) is 1.86. The average Bonchev–Trinajstić information content (AvgIpc) is 2.60. The Kier molecular flexibility index (Phi) is 7.56. The van der Waals surface area contributed by atoms with E-state index in [1.54, 1.807) is 25.1 Å². The van der Waals surface area contributed by atoms with Crippen LogP contribution in [0.4, 0.5) is 20.2 Å². The zero-order valence-electron chi connectivity index (χ0n) is 13.7. The number of hydroxylamine groups is 1. The van der Waals surface area contributed by atoms with Crippen LogP contribution in [0.1, 0.15) is 23.7 Å². The summed E-state index contributed by atoms with van der Waals surface area (Å²) < 4.78 is 28.8. The van der Waals surface area contributed by atoms with Crippen molar-refractivity contribution in [2.24, 2.45) is 0 Å². The molecule has 0 aliphatic carbocycles. The molecule has 2 aromatic carbocycles. The van der Waals surface area contributed by atoms with Gasteiger partial charge < -0.3 is 10.4 Å². The van der Waals surface area contributed by atoms with Gasteiger partial charge in [-0.3, -0.25) is 9.63 Å². The molecule has 0 saturated carbocycles. The predicted octanol–water partition coefficient (Wildman–Crippen LogP) is 4.40. The molecule has 26 heavy (non-hydrogen) atoms. The second-order valence-electron chi connectivity index (χ2n) is 5.34. The number of rotatable bonds is 7. The van der Waals surface area contributed by atoms with Crippen molar-refractivity contribution >= 4 is 51.5 Å². The van der Waals surface area contributed by atoms with Gasteiger partial charge in [0.1, 0.15) is 6.61 Å². The Morgan fingerprint density at radius 1 is 1.35 bits per heavy atom. The molecule has 0 aliphatic heterocycles. The number of aliphatic hydroxyl groups is 1. The van der Waals surface area contributed by atoms with E-state index in [1.165, 1.54) is 0 Å². The first-order valence-electron chi connectivity index (χ1n) is 7.63. The average molecular weight is 497 g/mol. The van der Waals surface area contributed by atoms with Gasteiger partial charge in [-0.2, -0.15) is 0 Å². The van der Waals surface area contributed by atoms with Crippen molar-refractivity contribution in [3.8, 4) is 0 Å². The number of carbonyl (C=O) groups is 1. The largest absolute Gasteiger partial charge is 0.391 e. The summed E-state index contributed by atoms with van der Waals surface area (Å²) in [5, 5.41) is 12.3. The minimum atomic E-state index is -1.22. The smallest absolute Gasteiger partial charge is 0.277 e. The zero-order chi connectivity index (χ0) is 19.3. The van der Waals surface area contributed by atoms with Crippen LogP contribution in [0.2, 0.25) is 5.02 Å². The zero-order valence-corrected chi connectivity index (χ0v) is 16.6. The number of aliphatic hydroxyl groups excluding tert-OH is 1. The summed E-state index contributed by atoms with van der Waals surface area (Å²) >= 11 is 8.16. The third-order valence-electron chi connectivity index (χ3n) is 3.44. The fourth-order valence-corrected chi connectivity index (χ4v) is 2.87. The second kappa shape index (κ2) is 9.45. The fraction of sp³-hybridized carbons (Fsp3) is 0.235. The molecule has 2 aromatic rings. The van der Waals surface area contributed by atoms with E-state index in [1.807, 2.05) is 0 Å². The maximum absolute atomic E-state index is 14.3. The van der Waals surface area contributed by atoms with Gasteiger partial charge in [-0.15, -0.1) is 0 Å². The first-order valence-corrected chi connectivity index (χ1v) is 9.09. The molecule has 0 spiro atoms. The van der Waals surface area contributed by atoms with Crippen LogP contribution in [0.3, 0.4) is 0 Å². The third kappa shape index (κ3) is 5.26. The molecule has 0 fully saturated rings. The van der Waals surface area contributed by atoms with Crippen LogP contribution in [0, 0.1) is 15.2 Å². The van der Waals surface area contributed by atoms with Crippen LogP contribution in [0.25, 0.3) is 0 Å². The van der Waals surface area contributed by atoms with Crippen LogP contribution in [0.15, 0.2) is 30.3 Å². The van der Waals surface area contributed by atoms with E-state index < -0.39 is 23.6 Å². The van der Waals surface area contributed by atoms with Crippen molar-refractivity contribution < 1.29 is 23.5 Å². The van der Waals surface area contributed by atoms with Crippen molar-refractivity contribution in [1.29, 1.82) is 0 Å². The Hall–Kier alpha value is -1.49. The highest BCUT2D eigenvalue weighted by Gasteiger charge is 2.20. The molecule has 0 aromatic heterocycles. The Bertz CT molecular complexity index is 808. The van der Waals surface area contributed by atoms with Gasteiger partial charge in [-0.1, -0.05) is 18.5 Å². The van der Waals surface area contributed by atoms with Crippen molar-refractivity contribution in [2.75, 3.05) is 11.9 Å². The minimum absolute atomic E-state index is 0.127. The SMILES string of the molecule is CCC(O)CONC(=O)c1ccc(F)c(F)c1Nc1ccc(I)cc1Cl. The summed E-state index contributed by atoms with van der Waals surface area (Å²) in [4.78, 5) is 17.1. The maximum atomic E-state index is 14.3. The highest BCUT2D eigenvalue weighted by atomic mass is 127. The van der Waals surface area contributed by atoms with Gasteiger partial charge in [0, 0.05) is 3.57 Å². The van der Waals surface area contributed by atoms with E-state index in [-0.39, 0.29) is 22.9 Å². The molecule has 1 atom stereocenters. The van der Waals surface area contributed by atoms with Crippen LogP contribution < -0.4 is 10.8 Å². The number of hydrogen-bond donors (Lipinski definition) is 3. The van der Waals surface area contributed by atoms with Crippen molar-refractivity contribution in [3.05, 3.63) is 56.1 Å². The van der Waals surface area contributed by atoms with Crippen LogP contribution in [-0.2, 0) is 4.84 Å². The highest BCUT2D eigenvalue weighted by Crippen LogP contribution is 2.31. The normalized spacial score (nSPS) is 11.9. The topological polar surface area (TPSA) is 70.6 Å². The quantitative estimate of drug-likeness (QED) is 0.393. The number of anilines is 2. The molecule has 0 heterocycles. The predicted molar refractivity (Wildman–Crippen MR) is 104 cm³/mol. The Morgan fingerprint density at radius 3 is 2.73 bits per heavy atom. The number of nitrogens with one attached hydrogen (secondary N) is 2. The first kappa shape index (κ1) is 20.8. The number of hydrogen-bond acceptors (Lipinski definition) is 4. The number of halogens is 4. The van der Waals surface area contributed by atoms with Gasteiger partial charge in [-0.05, 0) is 59.3 Å². The van der Waals surface area contributed by atoms with Gasteiger partial charge >= 0.3 is 0 Å². The van der Waals surface area contributed by atoms with E-state index >= 15 is 0 Å². The van der Waals surface area contributed by atoms with E-state index in [0.29, 0.717) is 12.1 Å². The summed E-state index contributed by atoms with van der Waals surface area (Å²) in [6.07, 6.45) is -0.303. The molecule has 0 aliphatic rings. The molecule has 1 amide bonds. The minimum Gasteiger partial charge on any atom is -0.391 e. The van der Waals surface area contributed by atoms with E-state index in [4.69, 9.17) is 16.4 Å². The van der Waals surface area contributed by atoms with Crippen molar-refractivity contribution in [2.45, 2.75) is 19.4 Å². The molecule has 140 valence electrons. The standard InChI is InChI=1S/C17H16ClF2IN2O3/c1-2-10(24)8-26-23-17(25)11-4-5-13(19)15(20)16(11)22-14-6-3-9(21)7-12(14)18/h3-7,10,22,24H,2,8H2,1H3,(H,23,25). The number of amides is 1. The molecule has 1 unspecified atom stereocenters. The molecular formula is C17H16ClF2IN2O3. The van der Waals surface area contributed by atoms with Crippen molar-refractivity contribution in [3.63, 3.8) is 0 Å². The Morgan fingerprint density at radius 2 is 2.08 bits per heavy atom. The van der Waals surface area contributed by atoms with Gasteiger partial charge in [0.15, 0.2) is 11.6 Å².